The van der Waals surface area contributed by atoms with Gasteiger partial charge in [0, 0.05) is 24.9 Å². The standard InChI is InChI=1S/C25H18FN7O3/c1-14-7-19(12-28-11-14)33-24(34)31-23(30-18-4-6-21-22(9-18)36-15(2)29-21)32(25(33)35)13-16-3-5-20(26)17(8-16)10-27/h3-9,11-12H,13H2,1-2H3,(H,30,31,34). The lowest BCUT2D eigenvalue weighted by Gasteiger charge is -2.16. The molecule has 0 amide bonds. The van der Waals surface area contributed by atoms with E-state index in [1.165, 1.54) is 22.9 Å². The van der Waals surface area contributed by atoms with E-state index in [1.54, 1.807) is 50.4 Å². The number of aromatic nitrogens is 5. The van der Waals surface area contributed by atoms with E-state index in [-0.39, 0.29) is 23.7 Å². The predicted octanol–water partition coefficient (Wildman–Crippen LogP) is 3.35. The molecule has 0 saturated carbocycles. The van der Waals surface area contributed by atoms with Crippen LogP contribution >= 0.6 is 0 Å². The van der Waals surface area contributed by atoms with Gasteiger partial charge in [-0.15, -0.1) is 0 Å². The maximum Gasteiger partial charge on any atom is 0.359 e. The number of hydrogen-bond acceptors (Lipinski definition) is 8. The molecule has 0 aliphatic heterocycles. The number of nitrogens with one attached hydrogen (secondary N) is 1. The number of halogens is 1. The molecular formula is C25H18FN7O3. The number of pyridine rings is 1. The van der Waals surface area contributed by atoms with Gasteiger partial charge in [-0.05, 0) is 48.4 Å². The minimum Gasteiger partial charge on any atom is -0.441 e. The molecular weight excluding hydrogens is 465 g/mol. The van der Waals surface area contributed by atoms with Crippen LogP contribution in [0.15, 0.2) is 68.9 Å². The fourth-order valence-electron chi connectivity index (χ4n) is 3.80. The van der Waals surface area contributed by atoms with Gasteiger partial charge in [-0.3, -0.25) is 9.55 Å². The Kier molecular flexibility index (Phi) is 5.62. The van der Waals surface area contributed by atoms with Crippen molar-refractivity contribution in [3.8, 4) is 11.8 Å². The quantitative estimate of drug-likeness (QED) is 0.403. The third-order valence-corrected chi connectivity index (χ3v) is 5.43. The Balaban J connectivity index is 1.66. The van der Waals surface area contributed by atoms with Gasteiger partial charge in [0.2, 0.25) is 5.95 Å². The number of fused-ring (bicyclic) bond motifs is 1. The number of oxazole rings is 1. The molecule has 0 unspecified atom stereocenters. The Bertz CT molecular complexity index is 1800. The van der Waals surface area contributed by atoms with Crippen molar-refractivity contribution in [2.75, 3.05) is 5.32 Å². The van der Waals surface area contributed by atoms with Crippen LogP contribution in [0.5, 0.6) is 0 Å². The largest absolute Gasteiger partial charge is 0.441 e. The van der Waals surface area contributed by atoms with Gasteiger partial charge in [-0.1, -0.05) is 6.07 Å². The molecule has 36 heavy (non-hydrogen) atoms. The molecule has 11 heteroatoms. The summed E-state index contributed by atoms with van der Waals surface area (Å²) in [5.74, 6) is -0.215. The average molecular weight is 483 g/mol. The molecule has 3 heterocycles. The maximum atomic E-state index is 13.9. The third-order valence-electron chi connectivity index (χ3n) is 5.43. The van der Waals surface area contributed by atoms with Gasteiger partial charge in [0.25, 0.3) is 0 Å². The fraction of sp³-hybridized carbons (Fsp3) is 0.120. The molecule has 2 aromatic carbocycles. The molecule has 3 aromatic heterocycles. The Labute approximate surface area is 202 Å². The highest BCUT2D eigenvalue weighted by atomic mass is 19.1. The van der Waals surface area contributed by atoms with Crippen LogP contribution < -0.4 is 16.7 Å². The van der Waals surface area contributed by atoms with Crippen LogP contribution in [0.3, 0.4) is 0 Å². The topological polar surface area (TPSA) is 132 Å². The van der Waals surface area contributed by atoms with E-state index in [4.69, 9.17) is 4.42 Å². The van der Waals surface area contributed by atoms with Crippen molar-refractivity contribution in [2.45, 2.75) is 20.4 Å². The molecule has 0 aliphatic carbocycles. The van der Waals surface area contributed by atoms with Gasteiger partial charge < -0.3 is 9.73 Å². The highest BCUT2D eigenvalue weighted by Gasteiger charge is 2.17. The number of nitriles is 1. The number of anilines is 2. The molecule has 0 saturated heterocycles. The maximum absolute atomic E-state index is 13.9. The molecule has 5 rings (SSSR count). The van der Waals surface area contributed by atoms with Crippen LogP contribution in [0, 0.1) is 31.0 Å². The van der Waals surface area contributed by atoms with Crippen LogP contribution in [0.4, 0.5) is 16.0 Å². The molecule has 0 spiro atoms. The zero-order valence-electron chi connectivity index (χ0n) is 19.2. The second kappa shape index (κ2) is 8.92. The molecule has 10 nitrogen and oxygen atoms in total. The number of hydrogen-bond donors (Lipinski definition) is 1. The lowest BCUT2D eigenvalue weighted by atomic mass is 10.1. The Hall–Kier alpha value is -5.11. The highest BCUT2D eigenvalue weighted by Crippen LogP contribution is 2.22. The van der Waals surface area contributed by atoms with Crippen LogP contribution in [0.1, 0.15) is 22.6 Å². The summed E-state index contributed by atoms with van der Waals surface area (Å²) in [6, 6.07) is 12.5. The van der Waals surface area contributed by atoms with Gasteiger partial charge in [0.05, 0.1) is 24.0 Å². The minimum absolute atomic E-state index is 0.0414. The molecule has 0 fully saturated rings. The van der Waals surface area contributed by atoms with Crippen molar-refractivity contribution in [3.05, 3.63) is 104 Å². The first kappa shape index (κ1) is 22.7. The van der Waals surface area contributed by atoms with Gasteiger partial charge in [0.15, 0.2) is 11.5 Å². The molecule has 178 valence electrons. The molecule has 5 aromatic rings. The van der Waals surface area contributed by atoms with E-state index in [9.17, 15) is 19.2 Å². The summed E-state index contributed by atoms with van der Waals surface area (Å²) >= 11 is 0. The van der Waals surface area contributed by atoms with Crippen LogP contribution in [-0.4, -0.2) is 24.1 Å². The number of rotatable bonds is 5. The second-order valence-corrected chi connectivity index (χ2v) is 8.11. The minimum atomic E-state index is -0.806. The molecule has 0 bridgehead atoms. The number of nitrogens with zero attached hydrogens (tertiary/aromatic N) is 6. The van der Waals surface area contributed by atoms with Crippen molar-refractivity contribution in [1.29, 1.82) is 5.26 Å². The van der Waals surface area contributed by atoms with E-state index in [0.29, 0.717) is 28.2 Å². The zero-order chi connectivity index (χ0) is 25.4. The number of aryl methyl sites for hydroxylation is 2. The lowest BCUT2D eigenvalue weighted by molar-refractivity contribution is 0.561. The molecule has 0 radical (unpaired) electrons. The average Bonchev–Trinajstić information content (AvgIpc) is 3.22. The van der Waals surface area contributed by atoms with Crippen molar-refractivity contribution in [3.63, 3.8) is 0 Å². The first-order valence-electron chi connectivity index (χ1n) is 10.8. The molecule has 0 atom stereocenters. The Morgan fingerprint density at radius 2 is 1.92 bits per heavy atom. The van der Waals surface area contributed by atoms with E-state index in [0.717, 1.165) is 16.2 Å². The van der Waals surface area contributed by atoms with E-state index in [1.807, 2.05) is 0 Å². The van der Waals surface area contributed by atoms with Crippen molar-refractivity contribution in [1.82, 2.24) is 24.1 Å². The summed E-state index contributed by atoms with van der Waals surface area (Å²) in [7, 11) is 0. The SMILES string of the molecule is Cc1cncc(-n2c(=O)nc(Nc3ccc4nc(C)oc4c3)n(Cc3ccc(F)c(C#N)c3)c2=O)c1. The Morgan fingerprint density at radius 1 is 1.08 bits per heavy atom. The second-order valence-electron chi connectivity index (χ2n) is 8.11. The fourth-order valence-corrected chi connectivity index (χ4v) is 3.80. The van der Waals surface area contributed by atoms with Gasteiger partial charge >= 0.3 is 11.4 Å². The first-order valence-corrected chi connectivity index (χ1v) is 10.8. The van der Waals surface area contributed by atoms with Crippen LogP contribution in [-0.2, 0) is 6.54 Å². The van der Waals surface area contributed by atoms with E-state index < -0.39 is 17.2 Å². The molecule has 1 N–H and O–H groups in total. The summed E-state index contributed by atoms with van der Waals surface area (Å²) in [6.45, 7) is 3.42. The predicted molar refractivity (Wildman–Crippen MR) is 129 cm³/mol. The van der Waals surface area contributed by atoms with Gasteiger partial charge in [-0.25, -0.2) is 23.5 Å². The summed E-state index contributed by atoms with van der Waals surface area (Å²) in [5, 5.41) is 12.2. The van der Waals surface area contributed by atoms with Crippen molar-refractivity contribution in [2.24, 2.45) is 0 Å². The summed E-state index contributed by atoms with van der Waals surface area (Å²) in [6.07, 6.45) is 2.99. The van der Waals surface area contributed by atoms with Crippen molar-refractivity contribution >= 4 is 22.7 Å². The lowest BCUT2D eigenvalue weighted by Crippen LogP contribution is -2.41. The van der Waals surface area contributed by atoms with E-state index >= 15 is 0 Å². The first-order chi connectivity index (χ1) is 17.3. The summed E-state index contributed by atoms with van der Waals surface area (Å²) < 4.78 is 21.6. The Morgan fingerprint density at radius 3 is 2.69 bits per heavy atom. The van der Waals surface area contributed by atoms with Crippen molar-refractivity contribution < 1.29 is 8.81 Å². The third kappa shape index (κ3) is 4.23. The van der Waals surface area contributed by atoms with Crippen LogP contribution in [0.25, 0.3) is 16.8 Å². The monoisotopic (exact) mass is 483 g/mol. The van der Waals surface area contributed by atoms with Gasteiger partial charge in [0.1, 0.15) is 17.4 Å². The normalized spacial score (nSPS) is 10.9. The van der Waals surface area contributed by atoms with Crippen LogP contribution in [0.2, 0.25) is 0 Å². The van der Waals surface area contributed by atoms with Gasteiger partial charge in [-0.2, -0.15) is 10.2 Å². The summed E-state index contributed by atoms with van der Waals surface area (Å²) in [5.41, 5.74) is 1.49. The zero-order valence-corrected chi connectivity index (χ0v) is 19.2. The van der Waals surface area contributed by atoms with E-state index in [2.05, 4.69) is 20.3 Å². The summed E-state index contributed by atoms with van der Waals surface area (Å²) in [4.78, 5) is 39.0. The number of benzene rings is 2. The molecule has 0 aliphatic rings. The highest BCUT2D eigenvalue weighted by molar-refractivity contribution is 5.78. The smallest absolute Gasteiger partial charge is 0.359 e.